The first-order valence-corrected chi connectivity index (χ1v) is 5.80. The van der Waals surface area contributed by atoms with Gasteiger partial charge in [0.25, 0.3) is 0 Å². The average molecular weight is 249 g/mol. The van der Waals surface area contributed by atoms with Crippen LogP contribution in [-0.4, -0.2) is 43.4 Å². The molecule has 0 radical (unpaired) electrons. The average Bonchev–Trinajstić information content (AvgIpc) is 2.36. The maximum atomic E-state index is 11.6. The van der Waals surface area contributed by atoms with Crippen molar-refractivity contribution in [2.45, 2.75) is 13.0 Å². The van der Waals surface area contributed by atoms with Crippen LogP contribution in [0.4, 0.5) is 5.69 Å². The molecule has 2 amide bonds. The Labute approximate surface area is 107 Å². The number of likely N-dealkylation sites (N-methyl/N-ethyl adjacent to an activating group) is 1. The van der Waals surface area contributed by atoms with Crippen molar-refractivity contribution < 1.29 is 9.59 Å². The number of carbonyl (C=O) groups excluding carboxylic acids is 2. The lowest BCUT2D eigenvalue weighted by Crippen LogP contribution is -2.45. The highest BCUT2D eigenvalue weighted by molar-refractivity contribution is 5.88. The van der Waals surface area contributed by atoms with Crippen LogP contribution < -0.4 is 10.6 Å². The Morgan fingerprint density at radius 2 is 1.83 bits per heavy atom. The summed E-state index contributed by atoms with van der Waals surface area (Å²) in [4.78, 5) is 24.6. The fourth-order valence-corrected chi connectivity index (χ4v) is 1.48. The molecule has 2 N–H and O–H groups in total. The van der Waals surface area contributed by atoms with Crippen LogP contribution in [0.15, 0.2) is 30.3 Å². The number of nitrogens with zero attached hydrogens (tertiary/aromatic N) is 1. The van der Waals surface area contributed by atoms with E-state index in [2.05, 4.69) is 10.6 Å². The first kappa shape index (κ1) is 14.0. The number of hydrogen-bond acceptors (Lipinski definition) is 3. The van der Waals surface area contributed by atoms with Gasteiger partial charge in [-0.25, -0.2) is 0 Å². The maximum absolute atomic E-state index is 11.6. The number of amides is 2. The highest BCUT2D eigenvalue weighted by Gasteiger charge is 2.16. The molecule has 0 aliphatic carbocycles. The van der Waals surface area contributed by atoms with Gasteiger partial charge in [-0.05, 0) is 19.1 Å². The van der Waals surface area contributed by atoms with Gasteiger partial charge in [-0.15, -0.1) is 0 Å². The van der Waals surface area contributed by atoms with Crippen LogP contribution in [0, 0.1) is 0 Å². The molecule has 1 rings (SSSR count). The third kappa shape index (κ3) is 4.45. The molecule has 5 heteroatoms. The zero-order chi connectivity index (χ0) is 13.5. The summed E-state index contributed by atoms with van der Waals surface area (Å²) < 4.78 is 0. The zero-order valence-corrected chi connectivity index (χ0v) is 10.9. The number of para-hydroxylation sites is 1. The summed E-state index contributed by atoms with van der Waals surface area (Å²) >= 11 is 0. The van der Waals surface area contributed by atoms with E-state index in [1.54, 1.807) is 21.0 Å². The van der Waals surface area contributed by atoms with Crippen LogP contribution in [0.25, 0.3) is 0 Å². The zero-order valence-electron chi connectivity index (χ0n) is 10.9. The number of benzene rings is 1. The van der Waals surface area contributed by atoms with E-state index in [0.29, 0.717) is 0 Å². The molecule has 5 nitrogen and oxygen atoms in total. The van der Waals surface area contributed by atoms with Gasteiger partial charge < -0.3 is 15.5 Å². The van der Waals surface area contributed by atoms with Crippen LogP contribution >= 0.6 is 0 Å². The number of rotatable bonds is 5. The van der Waals surface area contributed by atoms with E-state index in [1.807, 2.05) is 30.3 Å². The number of nitrogens with one attached hydrogen (secondary N) is 2. The molecule has 1 aromatic carbocycles. The van der Waals surface area contributed by atoms with Crippen molar-refractivity contribution in [1.82, 2.24) is 10.2 Å². The second kappa shape index (κ2) is 6.64. The van der Waals surface area contributed by atoms with Crippen molar-refractivity contribution in [1.29, 1.82) is 0 Å². The summed E-state index contributed by atoms with van der Waals surface area (Å²) in [5.74, 6) is -0.329. The lowest BCUT2D eigenvalue weighted by Gasteiger charge is -2.18. The highest BCUT2D eigenvalue weighted by atomic mass is 16.2. The molecule has 1 atom stereocenters. The largest absolute Gasteiger partial charge is 0.376 e. The van der Waals surface area contributed by atoms with Gasteiger partial charge in [-0.3, -0.25) is 9.59 Å². The second-order valence-electron chi connectivity index (χ2n) is 4.24. The van der Waals surface area contributed by atoms with Gasteiger partial charge in [-0.1, -0.05) is 18.2 Å². The summed E-state index contributed by atoms with van der Waals surface area (Å²) in [5.41, 5.74) is 0.874. The van der Waals surface area contributed by atoms with Gasteiger partial charge in [0, 0.05) is 19.8 Å². The predicted octanol–water partition coefficient (Wildman–Crippen LogP) is 0.691. The van der Waals surface area contributed by atoms with Gasteiger partial charge in [0.05, 0.1) is 6.54 Å². The molecule has 0 bridgehead atoms. The standard InChI is InChI=1S/C13H19N3O2/c1-10(13(18)16(2)3)15-12(17)9-14-11-7-5-4-6-8-11/h4-8,10,14H,9H2,1-3H3,(H,15,17). The summed E-state index contributed by atoms with van der Waals surface area (Å²) in [6.07, 6.45) is 0. The molecule has 0 aliphatic heterocycles. The van der Waals surface area contributed by atoms with Crippen molar-refractivity contribution in [3.8, 4) is 0 Å². The molecule has 0 saturated carbocycles. The van der Waals surface area contributed by atoms with E-state index in [1.165, 1.54) is 4.90 Å². The topological polar surface area (TPSA) is 61.4 Å². The molecule has 0 saturated heterocycles. The Hall–Kier alpha value is -2.04. The van der Waals surface area contributed by atoms with Crippen molar-refractivity contribution >= 4 is 17.5 Å². The van der Waals surface area contributed by atoms with Gasteiger partial charge >= 0.3 is 0 Å². The first-order valence-electron chi connectivity index (χ1n) is 5.80. The van der Waals surface area contributed by atoms with E-state index < -0.39 is 6.04 Å². The summed E-state index contributed by atoms with van der Waals surface area (Å²) in [5, 5.41) is 5.62. The minimum Gasteiger partial charge on any atom is -0.376 e. The monoisotopic (exact) mass is 249 g/mol. The molecule has 1 aromatic rings. The maximum Gasteiger partial charge on any atom is 0.244 e. The number of anilines is 1. The van der Waals surface area contributed by atoms with Crippen LogP contribution in [-0.2, 0) is 9.59 Å². The molecular weight excluding hydrogens is 230 g/mol. The highest BCUT2D eigenvalue weighted by Crippen LogP contribution is 2.03. The van der Waals surface area contributed by atoms with E-state index in [-0.39, 0.29) is 18.4 Å². The van der Waals surface area contributed by atoms with Crippen molar-refractivity contribution in [2.75, 3.05) is 26.0 Å². The minimum atomic E-state index is -0.509. The quantitative estimate of drug-likeness (QED) is 0.807. The molecule has 0 aliphatic rings. The molecular formula is C13H19N3O2. The molecule has 18 heavy (non-hydrogen) atoms. The molecule has 0 heterocycles. The Kier molecular flexibility index (Phi) is 5.17. The van der Waals surface area contributed by atoms with Crippen molar-refractivity contribution in [3.05, 3.63) is 30.3 Å². The Balaban J connectivity index is 2.36. The summed E-state index contributed by atoms with van der Waals surface area (Å²) in [7, 11) is 3.32. The third-order valence-corrected chi connectivity index (χ3v) is 2.42. The Bertz CT molecular complexity index is 404. The SMILES string of the molecule is CC(NC(=O)CNc1ccccc1)C(=O)N(C)C. The Morgan fingerprint density at radius 1 is 1.22 bits per heavy atom. The molecule has 0 fully saturated rings. The van der Waals surface area contributed by atoms with E-state index in [0.717, 1.165) is 5.69 Å². The minimum absolute atomic E-state index is 0.122. The smallest absolute Gasteiger partial charge is 0.244 e. The van der Waals surface area contributed by atoms with E-state index in [9.17, 15) is 9.59 Å². The summed E-state index contributed by atoms with van der Waals surface area (Å²) in [6, 6.07) is 8.92. The predicted molar refractivity (Wildman–Crippen MR) is 71.2 cm³/mol. The lowest BCUT2D eigenvalue weighted by molar-refractivity contribution is -0.133. The van der Waals surface area contributed by atoms with E-state index in [4.69, 9.17) is 0 Å². The van der Waals surface area contributed by atoms with Crippen LogP contribution in [0.2, 0.25) is 0 Å². The van der Waals surface area contributed by atoms with Crippen molar-refractivity contribution in [2.24, 2.45) is 0 Å². The fourth-order valence-electron chi connectivity index (χ4n) is 1.48. The molecule has 0 aromatic heterocycles. The normalized spacial score (nSPS) is 11.5. The van der Waals surface area contributed by atoms with Gasteiger partial charge in [-0.2, -0.15) is 0 Å². The number of carbonyl (C=O) groups is 2. The molecule has 0 spiro atoms. The first-order chi connectivity index (χ1) is 8.50. The van der Waals surface area contributed by atoms with Gasteiger partial charge in [0.15, 0.2) is 0 Å². The number of hydrogen-bond donors (Lipinski definition) is 2. The molecule has 1 unspecified atom stereocenters. The molecule has 98 valence electrons. The Morgan fingerprint density at radius 3 is 2.39 bits per heavy atom. The third-order valence-electron chi connectivity index (χ3n) is 2.42. The lowest BCUT2D eigenvalue weighted by atomic mass is 10.3. The van der Waals surface area contributed by atoms with Crippen LogP contribution in [0.3, 0.4) is 0 Å². The van der Waals surface area contributed by atoms with Gasteiger partial charge in [0.1, 0.15) is 6.04 Å². The van der Waals surface area contributed by atoms with Crippen LogP contribution in [0.5, 0.6) is 0 Å². The van der Waals surface area contributed by atoms with Crippen molar-refractivity contribution in [3.63, 3.8) is 0 Å². The second-order valence-corrected chi connectivity index (χ2v) is 4.24. The summed E-state index contributed by atoms with van der Waals surface area (Å²) in [6.45, 7) is 1.82. The van der Waals surface area contributed by atoms with E-state index >= 15 is 0 Å². The fraction of sp³-hybridized carbons (Fsp3) is 0.385. The van der Waals surface area contributed by atoms with Gasteiger partial charge in [0.2, 0.25) is 11.8 Å². The van der Waals surface area contributed by atoms with Crippen LogP contribution in [0.1, 0.15) is 6.92 Å².